The lowest BCUT2D eigenvalue weighted by Gasteiger charge is -2.24. The van der Waals surface area contributed by atoms with E-state index in [1.807, 2.05) is 26.0 Å². The van der Waals surface area contributed by atoms with Crippen LogP contribution in [-0.2, 0) is 4.79 Å². The van der Waals surface area contributed by atoms with E-state index >= 15 is 0 Å². The second-order valence-electron chi connectivity index (χ2n) is 6.75. The second kappa shape index (κ2) is 8.71. The van der Waals surface area contributed by atoms with Crippen molar-refractivity contribution in [2.75, 3.05) is 18.0 Å². The fraction of sp³-hybridized carbons (Fsp3) is 0.579. The molecule has 0 radical (unpaired) electrons. The molecule has 0 aromatic heterocycles. The summed E-state index contributed by atoms with van der Waals surface area (Å²) in [5, 5.41) is 5.90. The van der Waals surface area contributed by atoms with Crippen LogP contribution in [0.4, 0.5) is 10.5 Å². The minimum atomic E-state index is -0.133. The van der Waals surface area contributed by atoms with Crippen LogP contribution in [0.15, 0.2) is 18.2 Å². The molecule has 0 bridgehead atoms. The van der Waals surface area contributed by atoms with Gasteiger partial charge in [0, 0.05) is 31.7 Å². The van der Waals surface area contributed by atoms with Crippen LogP contribution in [0.1, 0.15) is 50.2 Å². The third-order valence-corrected chi connectivity index (χ3v) is 4.46. The molecular formula is C19H29N3O2. The number of carbonyl (C=O) groups excluding carboxylic acids is 2. The predicted octanol–water partition coefficient (Wildman–Crippen LogP) is 3.29. The molecule has 1 fully saturated rings. The van der Waals surface area contributed by atoms with Gasteiger partial charge in [-0.3, -0.25) is 4.79 Å². The first-order valence-corrected chi connectivity index (χ1v) is 8.86. The first-order chi connectivity index (χ1) is 11.5. The zero-order valence-electron chi connectivity index (χ0n) is 15.0. The highest BCUT2D eigenvalue weighted by molar-refractivity contribution is 5.91. The van der Waals surface area contributed by atoms with Gasteiger partial charge in [0.15, 0.2) is 0 Å². The summed E-state index contributed by atoms with van der Waals surface area (Å²) < 4.78 is 0. The summed E-state index contributed by atoms with van der Waals surface area (Å²) in [6, 6.07) is 6.23. The van der Waals surface area contributed by atoms with Crippen LogP contribution in [0.5, 0.6) is 0 Å². The summed E-state index contributed by atoms with van der Waals surface area (Å²) in [5.74, 6) is -0.0190. The van der Waals surface area contributed by atoms with Gasteiger partial charge < -0.3 is 15.5 Å². The molecule has 1 aliphatic carbocycles. The maximum absolute atomic E-state index is 12.0. The molecule has 0 saturated heterocycles. The van der Waals surface area contributed by atoms with Gasteiger partial charge in [0.2, 0.25) is 5.91 Å². The van der Waals surface area contributed by atoms with Gasteiger partial charge in [0.05, 0.1) is 0 Å². The Morgan fingerprint density at radius 2 is 1.71 bits per heavy atom. The Hall–Kier alpha value is -2.04. The Morgan fingerprint density at radius 3 is 2.29 bits per heavy atom. The molecule has 1 aromatic carbocycles. The van der Waals surface area contributed by atoms with Crippen LogP contribution in [0.25, 0.3) is 0 Å². The number of aryl methyl sites for hydroxylation is 2. The van der Waals surface area contributed by atoms with Crippen LogP contribution in [0.2, 0.25) is 0 Å². The van der Waals surface area contributed by atoms with Crippen molar-refractivity contribution < 1.29 is 9.59 Å². The number of carbonyl (C=O) groups is 2. The SMILES string of the molecule is CC(=O)N(CCNC(=O)NC1CCCCC1)c1cc(C)cc(C)c1. The lowest BCUT2D eigenvalue weighted by atomic mass is 9.96. The number of amides is 3. The van der Waals surface area contributed by atoms with Gasteiger partial charge in [-0.25, -0.2) is 4.79 Å². The predicted molar refractivity (Wildman–Crippen MR) is 97.4 cm³/mol. The zero-order chi connectivity index (χ0) is 17.5. The largest absolute Gasteiger partial charge is 0.336 e. The maximum Gasteiger partial charge on any atom is 0.315 e. The Kier molecular flexibility index (Phi) is 6.64. The number of rotatable bonds is 5. The smallest absolute Gasteiger partial charge is 0.315 e. The quantitative estimate of drug-likeness (QED) is 0.870. The highest BCUT2D eigenvalue weighted by Crippen LogP contribution is 2.19. The van der Waals surface area contributed by atoms with E-state index in [4.69, 9.17) is 0 Å². The molecule has 2 rings (SSSR count). The van der Waals surface area contributed by atoms with Crippen molar-refractivity contribution >= 4 is 17.6 Å². The number of anilines is 1. The summed E-state index contributed by atoms with van der Waals surface area (Å²) >= 11 is 0. The average Bonchev–Trinajstić information content (AvgIpc) is 2.51. The van der Waals surface area contributed by atoms with Crippen molar-refractivity contribution in [1.82, 2.24) is 10.6 Å². The molecule has 24 heavy (non-hydrogen) atoms. The Morgan fingerprint density at radius 1 is 1.08 bits per heavy atom. The third-order valence-electron chi connectivity index (χ3n) is 4.46. The number of nitrogens with zero attached hydrogens (tertiary/aromatic N) is 1. The first-order valence-electron chi connectivity index (χ1n) is 8.86. The molecule has 0 unspecified atom stereocenters. The maximum atomic E-state index is 12.0. The number of urea groups is 1. The van der Waals surface area contributed by atoms with E-state index in [1.165, 1.54) is 19.3 Å². The van der Waals surface area contributed by atoms with Crippen LogP contribution >= 0.6 is 0 Å². The molecule has 5 nitrogen and oxygen atoms in total. The molecule has 3 amide bonds. The van der Waals surface area contributed by atoms with Crippen molar-refractivity contribution in [2.24, 2.45) is 0 Å². The first kappa shape index (κ1) is 18.3. The van der Waals surface area contributed by atoms with E-state index in [0.29, 0.717) is 19.1 Å². The van der Waals surface area contributed by atoms with Crippen LogP contribution < -0.4 is 15.5 Å². The van der Waals surface area contributed by atoms with E-state index in [0.717, 1.165) is 29.7 Å². The van der Waals surface area contributed by atoms with Gasteiger partial charge in [-0.2, -0.15) is 0 Å². The van der Waals surface area contributed by atoms with E-state index in [-0.39, 0.29) is 11.9 Å². The van der Waals surface area contributed by atoms with Gasteiger partial charge in [-0.05, 0) is 49.9 Å². The van der Waals surface area contributed by atoms with E-state index in [1.54, 1.807) is 11.8 Å². The van der Waals surface area contributed by atoms with Gasteiger partial charge in [0.1, 0.15) is 0 Å². The van der Waals surface area contributed by atoms with Crippen LogP contribution in [0.3, 0.4) is 0 Å². The summed E-state index contributed by atoms with van der Waals surface area (Å²) in [6.07, 6.45) is 5.78. The minimum Gasteiger partial charge on any atom is -0.336 e. The van der Waals surface area contributed by atoms with Crippen molar-refractivity contribution in [1.29, 1.82) is 0 Å². The normalized spacial score (nSPS) is 15.0. The fourth-order valence-corrected chi connectivity index (χ4v) is 3.34. The standard InChI is InChI=1S/C19H29N3O2/c1-14-11-15(2)13-18(12-14)22(16(3)23)10-9-20-19(24)21-17-7-5-4-6-8-17/h11-13,17H,4-10H2,1-3H3,(H2,20,21,24). The molecule has 0 aliphatic heterocycles. The lowest BCUT2D eigenvalue weighted by molar-refractivity contribution is -0.116. The molecule has 1 saturated carbocycles. The number of hydrogen-bond donors (Lipinski definition) is 2. The third kappa shape index (κ3) is 5.55. The van der Waals surface area contributed by atoms with E-state index in [9.17, 15) is 9.59 Å². The van der Waals surface area contributed by atoms with Crippen LogP contribution in [-0.4, -0.2) is 31.1 Å². The summed E-state index contributed by atoms with van der Waals surface area (Å²) in [7, 11) is 0. The molecule has 1 aromatic rings. The Bertz CT molecular complexity index is 560. The monoisotopic (exact) mass is 331 g/mol. The highest BCUT2D eigenvalue weighted by Gasteiger charge is 2.16. The molecule has 0 atom stereocenters. The average molecular weight is 331 g/mol. The summed E-state index contributed by atoms with van der Waals surface area (Å²) in [5.41, 5.74) is 3.13. The Balaban J connectivity index is 1.85. The van der Waals surface area contributed by atoms with E-state index < -0.39 is 0 Å². The Labute approximate surface area is 144 Å². The molecule has 0 spiro atoms. The molecule has 132 valence electrons. The summed E-state index contributed by atoms with van der Waals surface area (Å²) in [4.78, 5) is 25.6. The minimum absolute atomic E-state index is 0.0190. The zero-order valence-corrected chi connectivity index (χ0v) is 15.0. The molecular weight excluding hydrogens is 302 g/mol. The van der Waals surface area contributed by atoms with Gasteiger partial charge in [-0.1, -0.05) is 25.3 Å². The number of nitrogens with one attached hydrogen (secondary N) is 2. The molecule has 1 aliphatic rings. The van der Waals surface area contributed by atoms with E-state index in [2.05, 4.69) is 16.7 Å². The topological polar surface area (TPSA) is 61.4 Å². The van der Waals surface area contributed by atoms with Gasteiger partial charge in [-0.15, -0.1) is 0 Å². The van der Waals surface area contributed by atoms with Crippen LogP contribution in [0, 0.1) is 13.8 Å². The summed E-state index contributed by atoms with van der Waals surface area (Å²) in [6.45, 7) is 6.50. The van der Waals surface area contributed by atoms with Gasteiger partial charge >= 0.3 is 6.03 Å². The highest BCUT2D eigenvalue weighted by atomic mass is 16.2. The van der Waals surface area contributed by atoms with Crippen molar-refractivity contribution in [3.63, 3.8) is 0 Å². The lowest BCUT2D eigenvalue weighted by Crippen LogP contribution is -2.45. The second-order valence-corrected chi connectivity index (χ2v) is 6.75. The van der Waals surface area contributed by atoms with Crippen molar-refractivity contribution in [3.8, 4) is 0 Å². The van der Waals surface area contributed by atoms with Crippen molar-refractivity contribution in [3.05, 3.63) is 29.3 Å². The number of benzene rings is 1. The van der Waals surface area contributed by atoms with Gasteiger partial charge in [0.25, 0.3) is 0 Å². The number of hydrogen-bond acceptors (Lipinski definition) is 2. The molecule has 0 heterocycles. The fourth-order valence-electron chi connectivity index (χ4n) is 3.34. The molecule has 2 N–H and O–H groups in total. The molecule has 5 heteroatoms. The van der Waals surface area contributed by atoms with Crippen molar-refractivity contribution in [2.45, 2.75) is 58.9 Å².